The lowest BCUT2D eigenvalue weighted by Crippen LogP contribution is -2.11. The zero-order valence-corrected chi connectivity index (χ0v) is 12.0. The molecule has 2 rings (SSSR count). The predicted molar refractivity (Wildman–Crippen MR) is 69.4 cm³/mol. The van der Waals surface area contributed by atoms with Crippen LogP contribution in [-0.4, -0.2) is 11.1 Å². The number of benzene rings is 1. The molecule has 3 nitrogen and oxygen atoms in total. The second kappa shape index (κ2) is 7.27. The molecule has 0 amide bonds. The van der Waals surface area contributed by atoms with Crippen molar-refractivity contribution in [3.8, 4) is 11.3 Å². The summed E-state index contributed by atoms with van der Waals surface area (Å²) >= 11 is 0. The summed E-state index contributed by atoms with van der Waals surface area (Å²) in [6.07, 6.45) is -9.47. The Morgan fingerprint density at radius 2 is 1.33 bits per heavy atom. The lowest BCUT2D eigenvalue weighted by Gasteiger charge is -2.14. The van der Waals surface area contributed by atoms with E-state index in [1.165, 1.54) is 12.1 Å². The van der Waals surface area contributed by atoms with Crippen molar-refractivity contribution in [1.82, 2.24) is 4.98 Å². The molecule has 0 N–H and O–H groups in total. The third-order valence-corrected chi connectivity index (χ3v) is 2.77. The van der Waals surface area contributed by atoms with Crippen LogP contribution in [0.3, 0.4) is 0 Å². The van der Waals surface area contributed by atoms with Crippen molar-refractivity contribution in [3.05, 3.63) is 53.2 Å². The summed E-state index contributed by atoms with van der Waals surface area (Å²) in [7, 11) is 0. The molecule has 0 fully saturated rings. The molecule has 24 heavy (non-hydrogen) atoms. The monoisotopic (exact) mass is 349 g/mol. The van der Waals surface area contributed by atoms with E-state index in [0.717, 1.165) is 0 Å². The second-order valence-electron chi connectivity index (χ2n) is 4.54. The minimum absolute atomic E-state index is 0.0617. The number of hydrogen-bond acceptors (Lipinski definition) is 3. The van der Waals surface area contributed by atoms with Crippen molar-refractivity contribution in [2.24, 2.45) is 0 Å². The van der Waals surface area contributed by atoms with Gasteiger partial charge in [0, 0.05) is 11.3 Å². The lowest BCUT2D eigenvalue weighted by atomic mass is 10.0. The van der Waals surface area contributed by atoms with Crippen LogP contribution in [-0.2, 0) is 21.9 Å². The maximum atomic E-state index is 12.7. The molecular weight excluding hydrogens is 340 g/mol. The molecule has 2 aromatic rings. The van der Waals surface area contributed by atoms with Gasteiger partial charge in [-0.15, -0.1) is 0 Å². The molecule has 0 aliphatic rings. The number of aromatic nitrogens is 1. The summed E-state index contributed by atoms with van der Waals surface area (Å²) in [6, 6.07) is 5.91. The fourth-order valence-electron chi connectivity index (χ4n) is 1.81. The summed E-state index contributed by atoms with van der Waals surface area (Å²) in [6.45, 7) is 1.60. The van der Waals surface area contributed by atoms with Crippen molar-refractivity contribution in [2.75, 3.05) is 0 Å². The maximum absolute atomic E-state index is 12.7. The molecule has 0 aliphatic heterocycles. The molecule has 0 saturated heterocycles. The Balaban J connectivity index is 0.000000891. The first-order valence-electron chi connectivity index (χ1n) is 6.22. The topological polar surface area (TPSA) is 47.0 Å². The second-order valence-corrected chi connectivity index (χ2v) is 4.54. The van der Waals surface area contributed by atoms with Gasteiger partial charge in [0.1, 0.15) is 0 Å². The standard InChI is InChI=1S/C14H9F6N.CO2/c1-8-3-2-4-12(21-8)9-5-10(13(15,16)17)7-11(6-9)14(18,19)20;2-1-3/h2-7H,1H3;. The van der Waals surface area contributed by atoms with E-state index in [9.17, 15) is 26.3 Å². The van der Waals surface area contributed by atoms with Gasteiger partial charge in [-0.05, 0) is 37.3 Å². The van der Waals surface area contributed by atoms with Gasteiger partial charge >= 0.3 is 18.5 Å². The number of rotatable bonds is 1. The Kier molecular flexibility index (Phi) is 5.87. The number of carbonyl (C=O) groups excluding carboxylic acids is 2. The van der Waals surface area contributed by atoms with E-state index < -0.39 is 23.5 Å². The van der Waals surface area contributed by atoms with Crippen LogP contribution < -0.4 is 0 Å². The van der Waals surface area contributed by atoms with Crippen LogP contribution in [0.15, 0.2) is 36.4 Å². The molecule has 0 atom stereocenters. The Hall–Kier alpha value is -2.67. The molecule has 1 aromatic carbocycles. The van der Waals surface area contributed by atoms with Crippen LogP contribution in [0.4, 0.5) is 26.3 Å². The Morgan fingerprint density at radius 3 is 1.71 bits per heavy atom. The first-order chi connectivity index (χ1) is 11.0. The van der Waals surface area contributed by atoms with Gasteiger partial charge in [-0.2, -0.15) is 35.9 Å². The zero-order chi connectivity index (χ0) is 18.5. The fourth-order valence-corrected chi connectivity index (χ4v) is 1.81. The highest BCUT2D eigenvalue weighted by Crippen LogP contribution is 2.38. The van der Waals surface area contributed by atoms with Crippen LogP contribution >= 0.6 is 0 Å². The molecule has 0 radical (unpaired) electrons. The number of hydrogen-bond donors (Lipinski definition) is 0. The Labute approximate surface area is 131 Å². The lowest BCUT2D eigenvalue weighted by molar-refractivity contribution is -0.191. The van der Waals surface area contributed by atoms with E-state index >= 15 is 0 Å². The van der Waals surface area contributed by atoms with Crippen molar-refractivity contribution >= 4 is 6.15 Å². The van der Waals surface area contributed by atoms with Gasteiger partial charge < -0.3 is 0 Å². The van der Waals surface area contributed by atoms with Gasteiger partial charge in [0.05, 0.1) is 16.8 Å². The molecular formula is C15H9F6NO2. The largest absolute Gasteiger partial charge is 0.416 e. The molecule has 1 aromatic heterocycles. The number of pyridine rings is 1. The van der Waals surface area contributed by atoms with E-state index in [1.807, 2.05) is 0 Å². The molecule has 9 heteroatoms. The van der Waals surface area contributed by atoms with Crippen LogP contribution in [0, 0.1) is 6.92 Å². The van der Waals surface area contributed by atoms with Crippen molar-refractivity contribution in [3.63, 3.8) is 0 Å². The zero-order valence-electron chi connectivity index (χ0n) is 12.0. The fraction of sp³-hybridized carbons (Fsp3) is 0.200. The van der Waals surface area contributed by atoms with E-state index in [4.69, 9.17) is 9.59 Å². The van der Waals surface area contributed by atoms with E-state index in [1.54, 1.807) is 13.0 Å². The van der Waals surface area contributed by atoms with Gasteiger partial charge in [0.25, 0.3) is 0 Å². The third kappa shape index (κ3) is 5.20. The van der Waals surface area contributed by atoms with Gasteiger partial charge in [0.15, 0.2) is 0 Å². The van der Waals surface area contributed by atoms with E-state index in [-0.39, 0.29) is 23.5 Å². The summed E-state index contributed by atoms with van der Waals surface area (Å²) in [4.78, 5) is 20.2. The highest BCUT2D eigenvalue weighted by atomic mass is 19.4. The van der Waals surface area contributed by atoms with Crippen LogP contribution in [0.25, 0.3) is 11.3 Å². The molecule has 0 unspecified atom stereocenters. The third-order valence-electron chi connectivity index (χ3n) is 2.77. The molecule has 0 bridgehead atoms. The number of halogens is 6. The van der Waals surface area contributed by atoms with Crippen LogP contribution in [0.5, 0.6) is 0 Å². The normalized spacial score (nSPS) is 11.3. The smallest absolute Gasteiger partial charge is 0.253 e. The van der Waals surface area contributed by atoms with Crippen molar-refractivity contribution in [2.45, 2.75) is 19.3 Å². The predicted octanol–water partition coefficient (Wildman–Crippen LogP) is 4.51. The first kappa shape index (κ1) is 19.4. The van der Waals surface area contributed by atoms with Gasteiger partial charge in [-0.25, -0.2) is 0 Å². The summed E-state index contributed by atoms with van der Waals surface area (Å²) < 4.78 is 76.5. The highest BCUT2D eigenvalue weighted by molar-refractivity contribution is 5.62. The van der Waals surface area contributed by atoms with E-state index in [2.05, 4.69) is 4.98 Å². The summed E-state index contributed by atoms with van der Waals surface area (Å²) in [5.41, 5.74) is -2.36. The molecule has 0 saturated carbocycles. The van der Waals surface area contributed by atoms with Crippen molar-refractivity contribution < 1.29 is 35.9 Å². The van der Waals surface area contributed by atoms with Gasteiger partial charge in [0.2, 0.25) is 0 Å². The number of aryl methyl sites for hydroxylation is 1. The average molecular weight is 349 g/mol. The van der Waals surface area contributed by atoms with Crippen LogP contribution in [0.1, 0.15) is 16.8 Å². The van der Waals surface area contributed by atoms with Gasteiger partial charge in [-0.3, -0.25) is 4.98 Å². The SMILES string of the molecule is Cc1cccc(-c2cc(C(F)(F)F)cc(C(F)(F)F)c2)n1.O=C=O. The molecule has 0 spiro atoms. The van der Waals surface area contributed by atoms with E-state index in [0.29, 0.717) is 17.8 Å². The highest BCUT2D eigenvalue weighted by Gasteiger charge is 2.37. The molecule has 1 heterocycles. The Bertz CT molecular complexity index is 714. The summed E-state index contributed by atoms with van der Waals surface area (Å²) in [5.74, 6) is 0. The Morgan fingerprint density at radius 1 is 0.875 bits per heavy atom. The first-order valence-corrected chi connectivity index (χ1v) is 6.22. The summed E-state index contributed by atoms with van der Waals surface area (Å²) in [5, 5.41) is 0. The molecule has 128 valence electrons. The number of nitrogens with zero attached hydrogens (tertiary/aromatic N) is 1. The number of alkyl halides is 6. The minimum Gasteiger partial charge on any atom is -0.253 e. The van der Waals surface area contributed by atoms with Crippen molar-refractivity contribution in [1.29, 1.82) is 0 Å². The van der Waals surface area contributed by atoms with Crippen LogP contribution in [0.2, 0.25) is 0 Å². The average Bonchev–Trinajstić information content (AvgIpc) is 2.46. The maximum Gasteiger partial charge on any atom is 0.416 e. The minimum atomic E-state index is -4.86. The van der Waals surface area contributed by atoms with Gasteiger partial charge in [-0.1, -0.05) is 6.07 Å². The molecule has 0 aliphatic carbocycles. The quantitative estimate of drug-likeness (QED) is 0.712.